The molecule has 2 N–H and O–H groups in total. The van der Waals surface area contributed by atoms with Gasteiger partial charge >= 0.3 is 0 Å². The summed E-state index contributed by atoms with van der Waals surface area (Å²) in [5.41, 5.74) is 7.34. The van der Waals surface area contributed by atoms with Gasteiger partial charge in [-0.25, -0.2) is 0 Å². The van der Waals surface area contributed by atoms with Crippen LogP contribution in [0.3, 0.4) is 0 Å². The first kappa shape index (κ1) is 10.8. The topological polar surface area (TPSA) is 57.0 Å². The third-order valence-corrected chi connectivity index (χ3v) is 2.83. The average molecular weight is 219 g/mol. The van der Waals surface area contributed by atoms with Crippen molar-refractivity contribution in [3.8, 4) is 11.5 Å². The molecule has 2 heterocycles. The van der Waals surface area contributed by atoms with Crippen LogP contribution < -0.4 is 5.73 Å². The Morgan fingerprint density at radius 3 is 2.75 bits per heavy atom. The molecule has 0 bridgehead atoms. The van der Waals surface area contributed by atoms with Crippen LogP contribution in [-0.4, -0.2) is 9.78 Å². The normalized spacial score (nSPS) is 11.2. The standard InChI is InChI=1S/C12H17N3O/c1-3-9(4-2)15-8-10(13)12(14-15)11-6-5-7-16-11/h5-9H,3-4,13H2,1-2H3. The van der Waals surface area contributed by atoms with Crippen LogP contribution in [0.25, 0.3) is 11.5 Å². The SMILES string of the molecule is CCC(CC)n1cc(N)c(-c2ccco2)n1. The molecule has 0 spiro atoms. The summed E-state index contributed by atoms with van der Waals surface area (Å²) in [4.78, 5) is 0. The quantitative estimate of drug-likeness (QED) is 0.859. The molecule has 0 atom stereocenters. The summed E-state index contributed by atoms with van der Waals surface area (Å²) in [6, 6.07) is 4.12. The van der Waals surface area contributed by atoms with E-state index in [0.29, 0.717) is 11.7 Å². The van der Waals surface area contributed by atoms with Crippen molar-refractivity contribution < 1.29 is 4.42 Å². The fourth-order valence-electron chi connectivity index (χ4n) is 1.86. The summed E-state index contributed by atoms with van der Waals surface area (Å²) < 4.78 is 7.24. The van der Waals surface area contributed by atoms with Gasteiger partial charge in [0.15, 0.2) is 11.5 Å². The molecule has 0 fully saturated rings. The number of furan rings is 1. The van der Waals surface area contributed by atoms with Gasteiger partial charge in [-0.15, -0.1) is 0 Å². The number of hydrogen-bond donors (Lipinski definition) is 1. The van der Waals surface area contributed by atoms with Crippen molar-refractivity contribution in [2.45, 2.75) is 32.7 Å². The number of rotatable bonds is 4. The van der Waals surface area contributed by atoms with E-state index < -0.39 is 0 Å². The fraction of sp³-hybridized carbons (Fsp3) is 0.417. The highest BCUT2D eigenvalue weighted by atomic mass is 16.3. The van der Waals surface area contributed by atoms with Crippen molar-refractivity contribution in [2.75, 3.05) is 5.73 Å². The highest BCUT2D eigenvalue weighted by molar-refractivity contribution is 5.67. The molecule has 0 saturated heterocycles. The Bertz CT molecular complexity index is 441. The minimum Gasteiger partial charge on any atom is -0.463 e. The third-order valence-electron chi connectivity index (χ3n) is 2.83. The van der Waals surface area contributed by atoms with E-state index >= 15 is 0 Å². The Morgan fingerprint density at radius 2 is 2.19 bits per heavy atom. The van der Waals surface area contributed by atoms with Crippen molar-refractivity contribution >= 4 is 5.69 Å². The molecule has 0 radical (unpaired) electrons. The number of hydrogen-bond acceptors (Lipinski definition) is 3. The van der Waals surface area contributed by atoms with Gasteiger partial charge < -0.3 is 10.2 Å². The van der Waals surface area contributed by atoms with Crippen molar-refractivity contribution in [3.05, 3.63) is 24.6 Å². The first-order valence-corrected chi connectivity index (χ1v) is 5.64. The van der Waals surface area contributed by atoms with E-state index in [0.717, 1.165) is 24.3 Å². The Kier molecular flexibility index (Phi) is 2.99. The molecule has 2 rings (SSSR count). The molecule has 0 aromatic carbocycles. The molecule has 16 heavy (non-hydrogen) atoms. The Balaban J connectivity index is 2.35. The van der Waals surface area contributed by atoms with E-state index in [9.17, 15) is 0 Å². The average Bonchev–Trinajstić information content (AvgIpc) is 2.89. The predicted molar refractivity (Wildman–Crippen MR) is 64.0 cm³/mol. The van der Waals surface area contributed by atoms with E-state index in [1.165, 1.54) is 0 Å². The van der Waals surface area contributed by atoms with Gasteiger partial charge in [-0.05, 0) is 25.0 Å². The minimum atomic E-state index is 0.408. The largest absolute Gasteiger partial charge is 0.463 e. The first-order chi connectivity index (χ1) is 7.76. The molecular formula is C12H17N3O. The molecule has 0 saturated carbocycles. The van der Waals surface area contributed by atoms with E-state index in [4.69, 9.17) is 10.2 Å². The Morgan fingerprint density at radius 1 is 1.44 bits per heavy atom. The Labute approximate surface area is 95.1 Å². The highest BCUT2D eigenvalue weighted by Gasteiger charge is 2.14. The summed E-state index contributed by atoms with van der Waals surface area (Å²) in [5.74, 6) is 0.724. The van der Waals surface area contributed by atoms with E-state index in [1.54, 1.807) is 6.26 Å². The van der Waals surface area contributed by atoms with Gasteiger partial charge in [-0.3, -0.25) is 4.68 Å². The molecule has 4 nitrogen and oxygen atoms in total. The summed E-state index contributed by atoms with van der Waals surface area (Å²) in [6.07, 6.45) is 5.62. The van der Waals surface area contributed by atoms with Crippen LogP contribution in [0, 0.1) is 0 Å². The molecule has 0 aliphatic heterocycles. The molecule has 0 unspecified atom stereocenters. The van der Waals surface area contributed by atoms with Crippen LogP contribution in [0.2, 0.25) is 0 Å². The van der Waals surface area contributed by atoms with Crippen molar-refractivity contribution in [3.63, 3.8) is 0 Å². The molecule has 2 aromatic heterocycles. The second kappa shape index (κ2) is 4.43. The minimum absolute atomic E-state index is 0.408. The number of aromatic nitrogens is 2. The Hall–Kier alpha value is -1.71. The summed E-state index contributed by atoms with van der Waals surface area (Å²) in [5, 5.41) is 4.49. The van der Waals surface area contributed by atoms with Gasteiger partial charge in [0.25, 0.3) is 0 Å². The van der Waals surface area contributed by atoms with E-state index in [-0.39, 0.29) is 0 Å². The molecule has 0 aliphatic rings. The van der Waals surface area contributed by atoms with E-state index in [1.807, 2.05) is 23.0 Å². The number of anilines is 1. The van der Waals surface area contributed by atoms with Crippen molar-refractivity contribution in [1.29, 1.82) is 0 Å². The maximum absolute atomic E-state index is 5.94. The number of nitrogen functional groups attached to an aromatic ring is 1. The zero-order valence-electron chi connectivity index (χ0n) is 9.68. The predicted octanol–water partition coefficient (Wildman–Crippen LogP) is 3.09. The van der Waals surface area contributed by atoms with Crippen molar-refractivity contribution in [1.82, 2.24) is 9.78 Å². The second-order valence-electron chi connectivity index (χ2n) is 3.86. The lowest BCUT2D eigenvalue weighted by atomic mass is 10.2. The maximum Gasteiger partial charge on any atom is 0.156 e. The fourth-order valence-corrected chi connectivity index (χ4v) is 1.86. The van der Waals surface area contributed by atoms with Crippen LogP contribution in [0.4, 0.5) is 5.69 Å². The van der Waals surface area contributed by atoms with Gasteiger partial charge in [0, 0.05) is 6.20 Å². The summed E-state index contributed by atoms with van der Waals surface area (Å²) >= 11 is 0. The van der Waals surface area contributed by atoms with Gasteiger partial charge in [0.05, 0.1) is 18.0 Å². The monoisotopic (exact) mass is 219 g/mol. The van der Waals surface area contributed by atoms with Gasteiger partial charge in [-0.2, -0.15) is 5.10 Å². The third kappa shape index (κ3) is 1.83. The van der Waals surface area contributed by atoms with Crippen LogP contribution in [-0.2, 0) is 0 Å². The molecule has 0 aliphatic carbocycles. The lowest BCUT2D eigenvalue weighted by molar-refractivity contribution is 0.428. The van der Waals surface area contributed by atoms with Crippen LogP contribution in [0.5, 0.6) is 0 Å². The van der Waals surface area contributed by atoms with Gasteiger partial charge in [0.2, 0.25) is 0 Å². The van der Waals surface area contributed by atoms with Crippen LogP contribution in [0.15, 0.2) is 29.0 Å². The lowest BCUT2D eigenvalue weighted by Crippen LogP contribution is -2.07. The summed E-state index contributed by atoms with van der Waals surface area (Å²) in [7, 11) is 0. The molecule has 4 heteroatoms. The number of nitrogens with two attached hydrogens (primary N) is 1. The van der Waals surface area contributed by atoms with E-state index in [2.05, 4.69) is 18.9 Å². The number of nitrogens with zero attached hydrogens (tertiary/aromatic N) is 2. The highest BCUT2D eigenvalue weighted by Crippen LogP contribution is 2.27. The molecule has 2 aromatic rings. The van der Waals surface area contributed by atoms with Crippen molar-refractivity contribution in [2.24, 2.45) is 0 Å². The maximum atomic E-state index is 5.94. The second-order valence-corrected chi connectivity index (χ2v) is 3.86. The van der Waals surface area contributed by atoms with Crippen LogP contribution >= 0.6 is 0 Å². The zero-order chi connectivity index (χ0) is 11.5. The lowest BCUT2D eigenvalue weighted by Gasteiger charge is -2.11. The zero-order valence-corrected chi connectivity index (χ0v) is 9.68. The smallest absolute Gasteiger partial charge is 0.156 e. The summed E-state index contributed by atoms with van der Waals surface area (Å²) in [6.45, 7) is 4.30. The molecule has 0 amide bonds. The van der Waals surface area contributed by atoms with Crippen LogP contribution in [0.1, 0.15) is 32.7 Å². The van der Waals surface area contributed by atoms with Gasteiger partial charge in [-0.1, -0.05) is 13.8 Å². The molecule has 86 valence electrons. The first-order valence-electron chi connectivity index (χ1n) is 5.64. The molecular weight excluding hydrogens is 202 g/mol. The van der Waals surface area contributed by atoms with Gasteiger partial charge in [0.1, 0.15) is 0 Å².